The van der Waals surface area contributed by atoms with Crippen LogP contribution in [0.3, 0.4) is 0 Å². The largest absolute Gasteiger partial charge is 0.307 e. The number of hydrogen-bond acceptors (Lipinski definition) is 4. The Kier molecular flexibility index (Phi) is 15.6. The van der Waals surface area contributed by atoms with Crippen LogP contribution in [0.5, 0.6) is 0 Å². The third-order valence-corrected chi connectivity index (χ3v) is 20.0. The monoisotopic (exact) mass is 1270 g/mol. The Labute approximate surface area is 570 Å². The molecule has 0 saturated carbocycles. The lowest BCUT2D eigenvalue weighted by molar-refractivity contribution is -0.124. The fourth-order valence-corrected chi connectivity index (χ4v) is 15.6. The third-order valence-electron chi connectivity index (χ3n) is 20.0. The Morgan fingerprint density at radius 3 is 0.694 bits per heavy atom. The zero-order chi connectivity index (χ0) is 65.0. The highest BCUT2D eigenvalue weighted by Crippen LogP contribution is 2.53. The van der Waals surface area contributed by atoms with Crippen molar-refractivity contribution >= 4 is 133 Å². The second-order valence-electron chi connectivity index (χ2n) is 25.5. The Balaban J connectivity index is 0.000000161. The number of rotatable bonds is 10. The van der Waals surface area contributed by atoms with E-state index < -0.39 is 0 Å². The summed E-state index contributed by atoms with van der Waals surface area (Å²) in [5, 5.41) is 17.3. The van der Waals surface area contributed by atoms with Gasteiger partial charge in [-0.1, -0.05) is 269 Å². The standard InChI is InChI=1S/C50H36N2O2.C38H28N2O2.2CH4/c1-31-19-23-33(24-20-31)29-51-47(43-27-35-11-3-5-13-37(35)39-15-7-9-17-41(39)43)45-46(49(51)53)48(52(50(45)54)30-34-25-21-32(2)22-26-34)44-28-36-12-4-6-14-38(36)40-16-8-10-18-42(40)44;1-3-39-35(31-21-23-13-5-7-15-25(23)27-17-9-11-19-29(27)31)33-34(37(39)41)36(40(4-2)38(33)42)32-22-24-14-6-8-16-26(24)28-18-10-12-20-30(28)32;;/h3-28H,29-30H2,1-2H3;5-22H,3-4H2,1-2H3;2*1H4. The number of fused-ring (bicyclic) bond motifs is 14. The molecule has 8 nitrogen and oxygen atoms in total. The molecule has 8 heteroatoms. The quantitative estimate of drug-likeness (QED) is 0.128. The molecule has 0 unspecified atom stereocenters. The van der Waals surface area contributed by atoms with E-state index in [0.29, 0.717) is 71.3 Å². The van der Waals surface area contributed by atoms with E-state index in [1.54, 1.807) is 9.80 Å². The highest BCUT2D eigenvalue weighted by atomic mass is 16.2. The SMILES string of the molecule is C.C.CCN1C(=O)C2=C(c3cc4ccccc4c4ccccc34)N(CC)C(=O)C2=C1c1cc2ccccc2c2ccccc12.Cc1ccc(CN2C(=O)C3=C(c4cc5ccccc5c5ccccc45)N(Cc4ccc(C)cc4)C(=O)C3=C2c2cc3ccccc3c3ccccc23)cc1. The second kappa shape index (κ2) is 24.6. The maximum absolute atomic E-state index is 15.5. The average molecular weight is 1270 g/mol. The van der Waals surface area contributed by atoms with Crippen LogP contribution in [0.2, 0.25) is 0 Å². The molecule has 4 heterocycles. The summed E-state index contributed by atoms with van der Waals surface area (Å²) in [4.78, 5) is 67.1. The minimum absolute atomic E-state index is 0. The summed E-state index contributed by atoms with van der Waals surface area (Å²) in [5.74, 6) is -0.554. The Bertz CT molecular complexity index is 5510. The lowest BCUT2D eigenvalue weighted by Gasteiger charge is -2.27. The van der Waals surface area contributed by atoms with E-state index in [2.05, 4.69) is 220 Å². The van der Waals surface area contributed by atoms with E-state index in [-0.39, 0.29) is 38.5 Å². The molecule has 14 aromatic rings. The highest BCUT2D eigenvalue weighted by Gasteiger charge is 2.51. The average Bonchev–Trinajstić information content (AvgIpc) is 1.55. The number of carbonyl (C=O) groups is 4. The summed E-state index contributed by atoms with van der Waals surface area (Å²) in [5.41, 5.74) is 12.6. The number of carbonyl (C=O) groups excluding carboxylic acids is 4. The van der Waals surface area contributed by atoms with Crippen molar-refractivity contribution in [3.05, 3.63) is 334 Å². The molecule has 0 aromatic heterocycles. The van der Waals surface area contributed by atoms with Gasteiger partial charge in [-0.3, -0.25) is 19.2 Å². The lowest BCUT2D eigenvalue weighted by Crippen LogP contribution is -2.29. The predicted molar refractivity (Wildman–Crippen MR) is 405 cm³/mol. The molecule has 0 aliphatic carbocycles. The van der Waals surface area contributed by atoms with E-state index in [4.69, 9.17) is 0 Å². The van der Waals surface area contributed by atoms with Gasteiger partial charge in [0.1, 0.15) is 0 Å². The summed E-state index contributed by atoms with van der Waals surface area (Å²) in [6.07, 6.45) is 0. The van der Waals surface area contributed by atoms with Gasteiger partial charge in [0.25, 0.3) is 23.6 Å². The number of benzene rings is 14. The fraction of sp³-hybridized carbons (Fsp3) is 0.111. The van der Waals surface area contributed by atoms with Crippen LogP contribution >= 0.6 is 0 Å². The normalized spacial score (nSPS) is 14.6. The molecule has 4 aliphatic rings. The van der Waals surface area contributed by atoms with Crippen LogP contribution in [0.4, 0.5) is 0 Å². The first-order valence-corrected chi connectivity index (χ1v) is 33.1. The van der Waals surface area contributed by atoms with Crippen molar-refractivity contribution in [1.82, 2.24) is 19.6 Å². The van der Waals surface area contributed by atoms with Crippen LogP contribution in [0.25, 0.3) is 109 Å². The van der Waals surface area contributed by atoms with Gasteiger partial charge >= 0.3 is 0 Å². The topological polar surface area (TPSA) is 81.2 Å². The smallest absolute Gasteiger partial charge is 0.261 e. The van der Waals surface area contributed by atoms with Crippen molar-refractivity contribution in [1.29, 1.82) is 0 Å². The van der Waals surface area contributed by atoms with Gasteiger partial charge in [0.2, 0.25) is 0 Å². The first kappa shape index (κ1) is 62.1. The van der Waals surface area contributed by atoms with Crippen LogP contribution in [-0.2, 0) is 32.3 Å². The molecule has 4 amide bonds. The van der Waals surface area contributed by atoms with Crippen LogP contribution in [0.1, 0.15) is 73.2 Å². The van der Waals surface area contributed by atoms with Crippen molar-refractivity contribution in [2.75, 3.05) is 13.1 Å². The van der Waals surface area contributed by atoms with Gasteiger partial charge in [-0.2, -0.15) is 0 Å². The van der Waals surface area contributed by atoms with E-state index in [1.165, 1.54) is 0 Å². The molecule has 4 aliphatic heterocycles. The van der Waals surface area contributed by atoms with Gasteiger partial charge in [0.05, 0.1) is 58.2 Å². The summed E-state index contributed by atoms with van der Waals surface area (Å²) < 4.78 is 0. The fourth-order valence-electron chi connectivity index (χ4n) is 15.6. The molecular formula is C90H72N4O4. The number of hydrogen-bond donors (Lipinski definition) is 0. The molecule has 476 valence electrons. The van der Waals surface area contributed by atoms with Gasteiger partial charge in [0.15, 0.2) is 0 Å². The Morgan fingerprint density at radius 1 is 0.245 bits per heavy atom. The maximum Gasteiger partial charge on any atom is 0.261 e. The highest BCUT2D eigenvalue weighted by molar-refractivity contribution is 6.34. The van der Waals surface area contributed by atoms with Gasteiger partial charge in [-0.25, -0.2) is 0 Å². The molecular weight excluding hydrogens is 1200 g/mol. The van der Waals surface area contributed by atoms with Gasteiger partial charge in [0, 0.05) is 35.3 Å². The van der Waals surface area contributed by atoms with Crippen molar-refractivity contribution in [3.63, 3.8) is 0 Å². The van der Waals surface area contributed by atoms with Crippen molar-refractivity contribution in [2.24, 2.45) is 0 Å². The number of amides is 4. The van der Waals surface area contributed by atoms with Crippen LogP contribution in [-0.4, -0.2) is 56.3 Å². The van der Waals surface area contributed by atoms with E-state index in [0.717, 1.165) is 131 Å². The van der Waals surface area contributed by atoms with Gasteiger partial charge < -0.3 is 19.6 Å². The Hall–Kier alpha value is -12.0. The zero-order valence-electron chi connectivity index (χ0n) is 53.7. The second-order valence-corrected chi connectivity index (χ2v) is 25.5. The number of likely N-dealkylation sites (N-methyl/N-ethyl adjacent to an activating group) is 2. The van der Waals surface area contributed by atoms with E-state index in [9.17, 15) is 9.59 Å². The van der Waals surface area contributed by atoms with E-state index >= 15 is 9.59 Å². The van der Waals surface area contributed by atoms with Gasteiger partial charge in [-0.15, -0.1) is 0 Å². The molecule has 0 bridgehead atoms. The summed E-state index contributed by atoms with van der Waals surface area (Å²) >= 11 is 0. The first-order valence-electron chi connectivity index (χ1n) is 33.1. The predicted octanol–water partition coefficient (Wildman–Crippen LogP) is 20.5. The maximum atomic E-state index is 15.5. The van der Waals surface area contributed by atoms with Gasteiger partial charge in [-0.05, 0) is 149 Å². The van der Waals surface area contributed by atoms with Crippen molar-refractivity contribution in [2.45, 2.75) is 55.6 Å². The molecule has 0 spiro atoms. The van der Waals surface area contributed by atoms with E-state index in [1.807, 2.05) is 84.3 Å². The summed E-state index contributed by atoms with van der Waals surface area (Å²) in [6, 6.07) is 91.8. The summed E-state index contributed by atoms with van der Waals surface area (Å²) in [6.45, 7) is 9.69. The van der Waals surface area contributed by atoms with Crippen molar-refractivity contribution < 1.29 is 19.2 Å². The molecule has 98 heavy (non-hydrogen) atoms. The van der Waals surface area contributed by atoms with Crippen molar-refractivity contribution in [3.8, 4) is 0 Å². The third kappa shape index (κ3) is 9.72. The molecule has 18 rings (SSSR count). The van der Waals surface area contributed by atoms with Crippen LogP contribution < -0.4 is 0 Å². The molecule has 0 fully saturated rings. The molecule has 0 radical (unpaired) electrons. The minimum atomic E-state index is -0.162. The number of nitrogens with zero attached hydrogens (tertiary/aromatic N) is 4. The summed E-state index contributed by atoms with van der Waals surface area (Å²) in [7, 11) is 0. The van der Waals surface area contributed by atoms with Crippen LogP contribution in [0.15, 0.2) is 289 Å². The first-order chi connectivity index (χ1) is 47.1. The number of aryl methyl sites for hydroxylation is 2. The minimum Gasteiger partial charge on any atom is -0.307 e. The molecule has 0 saturated heterocycles. The molecule has 0 atom stereocenters. The molecule has 0 N–H and O–H groups in total. The Morgan fingerprint density at radius 2 is 0.449 bits per heavy atom. The van der Waals surface area contributed by atoms with Crippen LogP contribution in [0, 0.1) is 13.8 Å². The lowest BCUT2D eigenvalue weighted by atomic mass is 9.92. The molecule has 14 aromatic carbocycles. The zero-order valence-corrected chi connectivity index (χ0v) is 53.7.